The number of nitrogens with one attached hydrogen (secondary N) is 2. The van der Waals surface area contributed by atoms with Crippen LogP contribution >= 0.6 is 24.0 Å². The van der Waals surface area contributed by atoms with Crippen LogP contribution < -0.4 is 15.4 Å². The van der Waals surface area contributed by atoms with Crippen LogP contribution in [0.15, 0.2) is 29.3 Å². The van der Waals surface area contributed by atoms with Gasteiger partial charge in [0.15, 0.2) is 5.96 Å². The summed E-state index contributed by atoms with van der Waals surface area (Å²) in [6, 6.07) is 7.97. The number of hydrogen-bond donors (Lipinski definition) is 2. The Hall–Kier alpha value is -1.71. The van der Waals surface area contributed by atoms with Crippen LogP contribution in [0.1, 0.15) is 39.7 Å². The topological polar surface area (TPSA) is 75.2 Å². The highest BCUT2D eigenvalue weighted by molar-refractivity contribution is 14.0. The van der Waals surface area contributed by atoms with Crippen molar-refractivity contribution in [1.82, 2.24) is 15.5 Å². The summed E-state index contributed by atoms with van der Waals surface area (Å²) in [6.45, 7) is 10.6. The molecule has 1 aromatic carbocycles. The van der Waals surface area contributed by atoms with E-state index in [0.29, 0.717) is 13.1 Å². The maximum atomic E-state index is 12.0. The molecule has 0 aliphatic carbocycles. The molecule has 0 bridgehead atoms. The smallest absolute Gasteiger partial charge is 0.407 e. The van der Waals surface area contributed by atoms with Crippen molar-refractivity contribution in [3.8, 4) is 5.75 Å². The molecule has 0 spiro atoms. The van der Waals surface area contributed by atoms with Crippen LogP contribution in [0.4, 0.5) is 4.79 Å². The standard InChI is InChI=1S/C20H32N4O3.HI/c1-6-21-18(22-13-15-7-9-17(26-5)10-8-15)24-12-11-16(14-24)23-19(25)27-20(2,3)4;/h7-10,16H,6,11-14H2,1-5H3,(H,21,22)(H,23,25);1H. The van der Waals surface area contributed by atoms with Crippen molar-refractivity contribution in [2.45, 2.75) is 52.3 Å². The van der Waals surface area contributed by atoms with E-state index in [2.05, 4.69) is 22.5 Å². The zero-order valence-electron chi connectivity index (χ0n) is 17.4. The van der Waals surface area contributed by atoms with Gasteiger partial charge < -0.3 is 25.0 Å². The van der Waals surface area contributed by atoms with Crippen LogP contribution in [0.2, 0.25) is 0 Å². The van der Waals surface area contributed by atoms with E-state index in [4.69, 9.17) is 14.5 Å². The molecule has 2 rings (SSSR count). The van der Waals surface area contributed by atoms with E-state index in [1.807, 2.05) is 45.0 Å². The average molecular weight is 504 g/mol. The minimum absolute atomic E-state index is 0. The summed E-state index contributed by atoms with van der Waals surface area (Å²) in [4.78, 5) is 18.9. The number of aliphatic imine (C=N–C) groups is 1. The maximum absolute atomic E-state index is 12.0. The molecule has 1 aromatic rings. The van der Waals surface area contributed by atoms with Crippen molar-refractivity contribution in [3.63, 3.8) is 0 Å². The molecule has 1 aliphatic rings. The minimum Gasteiger partial charge on any atom is -0.497 e. The quantitative estimate of drug-likeness (QED) is 0.366. The molecule has 8 heteroatoms. The van der Waals surface area contributed by atoms with Gasteiger partial charge in [-0.3, -0.25) is 0 Å². The summed E-state index contributed by atoms with van der Waals surface area (Å²) in [6.07, 6.45) is 0.501. The van der Waals surface area contributed by atoms with E-state index in [9.17, 15) is 4.79 Å². The van der Waals surface area contributed by atoms with E-state index in [-0.39, 0.29) is 36.1 Å². The molecule has 1 amide bonds. The Labute approximate surface area is 185 Å². The number of halogens is 1. The Bertz CT molecular complexity index is 644. The van der Waals surface area contributed by atoms with Crippen molar-refractivity contribution in [2.75, 3.05) is 26.7 Å². The maximum Gasteiger partial charge on any atom is 0.407 e. The van der Waals surface area contributed by atoms with Crippen LogP contribution in [-0.2, 0) is 11.3 Å². The minimum atomic E-state index is -0.489. The van der Waals surface area contributed by atoms with Gasteiger partial charge in [-0.15, -0.1) is 24.0 Å². The Morgan fingerprint density at radius 2 is 1.96 bits per heavy atom. The van der Waals surface area contributed by atoms with E-state index >= 15 is 0 Å². The molecule has 1 fully saturated rings. The number of carbonyl (C=O) groups excluding carboxylic acids is 1. The number of alkyl carbamates (subject to hydrolysis) is 1. The van der Waals surface area contributed by atoms with Crippen LogP contribution in [0.25, 0.3) is 0 Å². The van der Waals surface area contributed by atoms with Crippen molar-refractivity contribution in [3.05, 3.63) is 29.8 Å². The van der Waals surface area contributed by atoms with Crippen molar-refractivity contribution < 1.29 is 14.3 Å². The molecule has 158 valence electrons. The summed E-state index contributed by atoms with van der Waals surface area (Å²) in [7, 11) is 1.66. The highest BCUT2D eigenvalue weighted by atomic mass is 127. The fourth-order valence-electron chi connectivity index (χ4n) is 2.87. The van der Waals surface area contributed by atoms with Gasteiger partial charge in [-0.2, -0.15) is 0 Å². The zero-order chi connectivity index (χ0) is 19.9. The number of likely N-dealkylation sites (tertiary alicyclic amines) is 1. The Kier molecular flexibility index (Phi) is 9.84. The predicted octanol–water partition coefficient (Wildman–Crippen LogP) is 3.38. The molecule has 7 nitrogen and oxygen atoms in total. The second-order valence-corrected chi connectivity index (χ2v) is 7.60. The number of rotatable bonds is 5. The lowest BCUT2D eigenvalue weighted by atomic mass is 10.2. The van der Waals surface area contributed by atoms with Crippen molar-refractivity contribution >= 4 is 36.0 Å². The lowest BCUT2D eigenvalue weighted by molar-refractivity contribution is 0.0507. The molecule has 0 aromatic heterocycles. The number of amides is 1. The third-order valence-electron chi connectivity index (χ3n) is 4.11. The SMILES string of the molecule is CCNC(=NCc1ccc(OC)cc1)N1CCC(NC(=O)OC(C)(C)C)C1.I. The third kappa shape index (κ3) is 8.12. The molecule has 1 saturated heterocycles. The summed E-state index contributed by atoms with van der Waals surface area (Å²) >= 11 is 0. The van der Waals surface area contributed by atoms with E-state index < -0.39 is 5.60 Å². The van der Waals surface area contributed by atoms with E-state index in [1.54, 1.807) is 7.11 Å². The second-order valence-electron chi connectivity index (χ2n) is 7.60. The number of hydrogen-bond acceptors (Lipinski definition) is 4. The molecule has 28 heavy (non-hydrogen) atoms. The predicted molar refractivity (Wildman–Crippen MR) is 123 cm³/mol. The van der Waals surface area contributed by atoms with Crippen molar-refractivity contribution in [1.29, 1.82) is 0 Å². The lowest BCUT2D eigenvalue weighted by Gasteiger charge is -2.23. The summed E-state index contributed by atoms with van der Waals surface area (Å²) in [5.74, 6) is 1.70. The van der Waals surface area contributed by atoms with Gasteiger partial charge in [-0.05, 0) is 51.8 Å². The zero-order valence-corrected chi connectivity index (χ0v) is 19.8. The fourth-order valence-corrected chi connectivity index (χ4v) is 2.87. The third-order valence-corrected chi connectivity index (χ3v) is 4.11. The Morgan fingerprint density at radius 1 is 1.29 bits per heavy atom. The van der Waals surface area contributed by atoms with E-state index in [0.717, 1.165) is 36.8 Å². The summed E-state index contributed by atoms with van der Waals surface area (Å²) < 4.78 is 10.5. The summed E-state index contributed by atoms with van der Waals surface area (Å²) in [5.41, 5.74) is 0.630. The number of carbonyl (C=O) groups is 1. The monoisotopic (exact) mass is 504 g/mol. The molecule has 1 atom stereocenters. The van der Waals surface area contributed by atoms with Crippen LogP contribution in [-0.4, -0.2) is 55.3 Å². The molecular formula is C20H33IN4O3. The van der Waals surface area contributed by atoms with Gasteiger partial charge in [0, 0.05) is 19.6 Å². The molecule has 0 saturated carbocycles. The second kappa shape index (κ2) is 11.3. The van der Waals surface area contributed by atoms with Gasteiger partial charge in [-0.1, -0.05) is 12.1 Å². The highest BCUT2D eigenvalue weighted by Crippen LogP contribution is 2.14. The number of guanidine groups is 1. The van der Waals surface area contributed by atoms with Crippen LogP contribution in [0.5, 0.6) is 5.75 Å². The number of benzene rings is 1. The number of methoxy groups -OCH3 is 1. The van der Waals surface area contributed by atoms with Gasteiger partial charge in [0.1, 0.15) is 11.4 Å². The van der Waals surface area contributed by atoms with Gasteiger partial charge in [-0.25, -0.2) is 9.79 Å². The Balaban J connectivity index is 0.00000392. The highest BCUT2D eigenvalue weighted by Gasteiger charge is 2.27. The first kappa shape index (κ1) is 24.3. The first-order valence-electron chi connectivity index (χ1n) is 9.46. The molecule has 1 heterocycles. The molecule has 1 aliphatic heterocycles. The van der Waals surface area contributed by atoms with Gasteiger partial charge in [0.2, 0.25) is 0 Å². The van der Waals surface area contributed by atoms with Crippen molar-refractivity contribution in [2.24, 2.45) is 4.99 Å². The molecule has 2 N–H and O–H groups in total. The van der Waals surface area contributed by atoms with Gasteiger partial charge in [0.05, 0.1) is 19.7 Å². The number of ether oxygens (including phenoxy) is 2. The first-order chi connectivity index (χ1) is 12.8. The van der Waals surface area contributed by atoms with Gasteiger partial charge >= 0.3 is 6.09 Å². The fraction of sp³-hybridized carbons (Fsp3) is 0.600. The van der Waals surface area contributed by atoms with Gasteiger partial charge in [0.25, 0.3) is 0 Å². The molecule has 1 unspecified atom stereocenters. The first-order valence-corrected chi connectivity index (χ1v) is 9.46. The van der Waals surface area contributed by atoms with E-state index in [1.165, 1.54) is 0 Å². The molecule has 0 radical (unpaired) electrons. The largest absolute Gasteiger partial charge is 0.497 e. The summed E-state index contributed by atoms with van der Waals surface area (Å²) in [5, 5.41) is 6.29. The average Bonchev–Trinajstić information content (AvgIpc) is 3.05. The Morgan fingerprint density at radius 3 is 2.54 bits per heavy atom. The lowest BCUT2D eigenvalue weighted by Crippen LogP contribution is -2.44. The number of nitrogens with zero attached hydrogens (tertiary/aromatic N) is 2. The normalized spacial score (nSPS) is 17.0. The van der Waals surface area contributed by atoms with Crippen LogP contribution in [0, 0.1) is 0 Å². The molecular weight excluding hydrogens is 471 g/mol. The van der Waals surface area contributed by atoms with Crippen LogP contribution in [0.3, 0.4) is 0 Å².